The number of phosphoric acid groups is 1. The van der Waals surface area contributed by atoms with Crippen molar-refractivity contribution in [3.05, 3.63) is 0 Å². The van der Waals surface area contributed by atoms with Crippen molar-refractivity contribution >= 4 is 20.6 Å². The van der Waals surface area contributed by atoms with E-state index in [1.807, 2.05) is 0 Å². The maximum atomic E-state index is 10.5. The molecule has 0 saturated carbocycles. The summed E-state index contributed by atoms with van der Waals surface area (Å²) in [6.45, 7) is 0.702. The SMILES string of the molecule is O=P(O)(O)OC1CCCCN1S. The summed E-state index contributed by atoms with van der Waals surface area (Å²) < 4.78 is 16.5. The second-order valence-corrected chi connectivity index (χ2v) is 4.42. The van der Waals surface area contributed by atoms with Gasteiger partial charge in [0, 0.05) is 6.54 Å². The maximum Gasteiger partial charge on any atom is 0.471 e. The fraction of sp³-hybridized carbons (Fsp3) is 1.00. The molecule has 1 rings (SSSR count). The Labute approximate surface area is 76.5 Å². The number of hydrogen-bond donors (Lipinski definition) is 3. The number of piperidine rings is 1. The Hall–Kier alpha value is 0.420. The van der Waals surface area contributed by atoms with Crippen LogP contribution in [0.1, 0.15) is 19.3 Å². The van der Waals surface area contributed by atoms with Crippen LogP contribution >= 0.6 is 20.6 Å². The van der Waals surface area contributed by atoms with Crippen LogP contribution in [0.5, 0.6) is 0 Å². The van der Waals surface area contributed by atoms with Crippen LogP contribution in [0.3, 0.4) is 0 Å². The molecule has 1 aliphatic heterocycles. The van der Waals surface area contributed by atoms with Gasteiger partial charge in [-0.1, -0.05) is 12.8 Å². The lowest BCUT2D eigenvalue weighted by molar-refractivity contribution is 0.0358. The third-order valence-electron chi connectivity index (χ3n) is 1.68. The van der Waals surface area contributed by atoms with E-state index in [-0.39, 0.29) is 0 Å². The molecule has 1 atom stereocenters. The monoisotopic (exact) mass is 213 g/mol. The van der Waals surface area contributed by atoms with Crippen molar-refractivity contribution in [2.24, 2.45) is 0 Å². The molecular weight excluding hydrogens is 201 g/mol. The van der Waals surface area contributed by atoms with Crippen LogP contribution in [0.2, 0.25) is 0 Å². The zero-order valence-corrected chi connectivity index (χ0v) is 8.25. The van der Waals surface area contributed by atoms with Crippen LogP contribution < -0.4 is 0 Å². The molecular formula is C5H12NO4PS. The van der Waals surface area contributed by atoms with E-state index in [2.05, 4.69) is 17.3 Å². The molecule has 5 nitrogen and oxygen atoms in total. The van der Waals surface area contributed by atoms with Crippen molar-refractivity contribution in [3.8, 4) is 0 Å². The maximum absolute atomic E-state index is 10.5. The van der Waals surface area contributed by atoms with Crippen molar-refractivity contribution in [1.82, 2.24) is 4.31 Å². The lowest BCUT2D eigenvalue weighted by Crippen LogP contribution is -2.33. The summed E-state index contributed by atoms with van der Waals surface area (Å²) in [5.74, 6) is 0. The van der Waals surface area contributed by atoms with Crippen LogP contribution in [0, 0.1) is 0 Å². The minimum Gasteiger partial charge on any atom is -0.303 e. The van der Waals surface area contributed by atoms with Crippen molar-refractivity contribution in [2.45, 2.75) is 25.5 Å². The van der Waals surface area contributed by atoms with E-state index >= 15 is 0 Å². The first kappa shape index (κ1) is 10.5. The molecule has 72 valence electrons. The Morgan fingerprint density at radius 1 is 1.50 bits per heavy atom. The number of phosphoric ester groups is 1. The molecule has 1 fully saturated rings. The van der Waals surface area contributed by atoms with Crippen molar-refractivity contribution in [2.75, 3.05) is 6.54 Å². The molecule has 1 saturated heterocycles. The molecule has 7 heteroatoms. The summed E-state index contributed by atoms with van der Waals surface area (Å²) >= 11 is 4.03. The molecule has 1 unspecified atom stereocenters. The van der Waals surface area contributed by atoms with E-state index in [9.17, 15) is 4.57 Å². The van der Waals surface area contributed by atoms with Gasteiger partial charge in [-0.25, -0.2) is 8.87 Å². The van der Waals surface area contributed by atoms with Gasteiger partial charge in [-0.2, -0.15) is 0 Å². The largest absolute Gasteiger partial charge is 0.471 e. The molecule has 12 heavy (non-hydrogen) atoms. The minimum atomic E-state index is -4.36. The van der Waals surface area contributed by atoms with Gasteiger partial charge in [-0.15, -0.1) is 0 Å². The van der Waals surface area contributed by atoms with Crippen LogP contribution in [-0.4, -0.2) is 26.9 Å². The molecule has 0 aromatic heterocycles. The average Bonchev–Trinajstić information content (AvgIpc) is 1.91. The van der Waals surface area contributed by atoms with Crippen molar-refractivity contribution in [3.63, 3.8) is 0 Å². The second kappa shape index (κ2) is 4.09. The highest BCUT2D eigenvalue weighted by molar-refractivity contribution is 7.77. The molecule has 0 aromatic rings. The normalized spacial score (nSPS) is 27.4. The lowest BCUT2D eigenvalue weighted by Gasteiger charge is -2.30. The molecule has 2 N–H and O–H groups in total. The van der Waals surface area contributed by atoms with Crippen LogP contribution in [0.25, 0.3) is 0 Å². The van der Waals surface area contributed by atoms with Crippen LogP contribution in [0.15, 0.2) is 0 Å². The molecule has 0 aromatic carbocycles. The van der Waals surface area contributed by atoms with E-state index in [0.29, 0.717) is 13.0 Å². The standard InChI is InChI=1S/C5H12NO4PS/c7-11(8,9)10-5-3-1-2-4-6(5)12/h5,12H,1-4H2,(H2,7,8,9). The molecule has 1 aliphatic rings. The van der Waals surface area contributed by atoms with Gasteiger partial charge in [0.2, 0.25) is 0 Å². The summed E-state index contributed by atoms with van der Waals surface area (Å²) in [6, 6.07) is 0. The Balaban J connectivity index is 2.44. The second-order valence-electron chi connectivity index (χ2n) is 2.71. The third kappa shape index (κ3) is 3.43. The number of thiol groups is 1. The van der Waals surface area contributed by atoms with E-state index < -0.39 is 14.1 Å². The predicted octanol–water partition coefficient (Wildman–Crippen LogP) is 0.752. The van der Waals surface area contributed by atoms with Gasteiger partial charge in [0.25, 0.3) is 0 Å². The van der Waals surface area contributed by atoms with Gasteiger partial charge in [-0.05, 0) is 19.3 Å². The van der Waals surface area contributed by atoms with E-state index in [4.69, 9.17) is 9.79 Å². The average molecular weight is 213 g/mol. The topological polar surface area (TPSA) is 70.0 Å². The smallest absolute Gasteiger partial charge is 0.303 e. The Bertz CT molecular complexity index is 196. The first-order valence-corrected chi connectivity index (χ1v) is 5.61. The quantitative estimate of drug-likeness (QED) is 0.466. The van der Waals surface area contributed by atoms with Gasteiger partial charge < -0.3 is 9.79 Å². The summed E-state index contributed by atoms with van der Waals surface area (Å²) in [4.78, 5) is 17.0. The Kier molecular flexibility index (Phi) is 3.58. The first-order chi connectivity index (χ1) is 5.49. The Morgan fingerprint density at radius 2 is 2.17 bits per heavy atom. The zero-order chi connectivity index (χ0) is 9.19. The highest BCUT2D eigenvalue weighted by atomic mass is 32.1. The van der Waals surface area contributed by atoms with Gasteiger partial charge in [0.05, 0.1) is 0 Å². The van der Waals surface area contributed by atoms with E-state index in [1.54, 1.807) is 0 Å². The molecule has 0 spiro atoms. The number of rotatable bonds is 2. The zero-order valence-electron chi connectivity index (χ0n) is 6.46. The highest BCUT2D eigenvalue weighted by Crippen LogP contribution is 2.40. The summed E-state index contributed by atoms with van der Waals surface area (Å²) in [7, 11) is -4.36. The van der Waals surface area contributed by atoms with E-state index in [0.717, 1.165) is 12.8 Å². The fourth-order valence-corrected chi connectivity index (χ4v) is 2.07. The van der Waals surface area contributed by atoms with Crippen molar-refractivity contribution < 1.29 is 18.9 Å². The lowest BCUT2D eigenvalue weighted by atomic mass is 10.1. The molecule has 0 bridgehead atoms. The van der Waals surface area contributed by atoms with Gasteiger partial charge in [0.15, 0.2) is 0 Å². The molecule has 0 aliphatic carbocycles. The van der Waals surface area contributed by atoms with Crippen LogP contribution in [0.4, 0.5) is 0 Å². The number of hydrogen-bond acceptors (Lipinski definition) is 4. The van der Waals surface area contributed by atoms with E-state index in [1.165, 1.54) is 4.31 Å². The molecule has 0 amide bonds. The third-order valence-corrected chi connectivity index (χ3v) is 2.66. The highest BCUT2D eigenvalue weighted by Gasteiger charge is 2.27. The summed E-state index contributed by atoms with van der Waals surface area (Å²) in [5, 5.41) is 0. The summed E-state index contributed by atoms with van der Waals surface area (Å²) in [6.07, 6.45) is 1.98. The fourth-order valence-electron chi connectivity index (χ4n) is 1.15. The van der Waals surface area contributed by atoms with Gasteiger partial charge in [0.1, 0.15) is 6.23 Å². The predicted molar refractivity (Wildman–Crippen MR) is 46.5 cm³/mol. The van der Waals surface area contributed by atoms with Gasteiger partial charge >= 0.3 is 7.82 Å². The number of nitrogens with zero attached hydrogens (tertiary/aromatic N) is 1. The molecule has 0 radical (unpaired) electrons. The van der Waals surface area contributed by atoms with Crippen LogP contribution in [-0.2, 0) is 9.09 Å². The minimum absolute atomic E-state index is 0.553. The first-order valence-electron chi connectivity index (χ1n) is 3.68. The van der Waals surface area contributed by atoms with Crippen molar-refractivity contribution in [1.29, 1.82) is 0 Å². The summed E-state index contributed by atoms with van der Waals surface area (Å²) in [5.41, 5.74) is 0. The Morgan fingerprint density at radius 3 is 2.67 bits per heavy atom. The molecule has 1 heterocycles. The van der Waals surface area contributed by atoms with Gasteiger partial charge in [-0.3, -0.25) is 4.52 Å².